The van der Waals surface area contributed by atoms with Crippen molar-refractivity contribution in [1.29, 1.82) is 0 Å². The average molecular weight is 396 g/mol. The molecule has 29 heavy (non-hydrogen) atoms. The molecular formula is C23H29N3O3. The maximum absolute atomic E-state index is 12.9. The van der Waals surface area contributed by atoms with Gasteiger partial charge in [-0.15, -0.1) is 0 Å². The van der Waals surface area contributed by atoms with Crippen LogP contribution in [0, 0.1) is 5.92 Å². The Bertz CT molecular complexity index is 830. The molecule has 1 heterocycles. The lowest BCUT2D eigenvalue weighted by Crippen LogP contribution is -2.42. The van der Waals surface area contributed by atoms with Crippen LogP contribution in [0.4, 0.5) is 5.69 Å². The second-order valence-corrected chi connectivity index (χ2v) is 7.31. The molecule has 1 aliphatic heterocycles. The summed E-state index contributed by atoms with van der Waals surface area (Å²) in [7, 11) is 3.39. The Kier molecular flexibility index (Phi) is 7.25. The third-order valence-corrected chi connectivity index (χ3v) is 5.35. The fraction of sp³-hybridized carbons (Fsp3) is 0.391. The monoisotopic (exact) mass is 395 g/mol. The summed E-state index contributed by atoms with van der Waals surface area (Å²) in [4.78, 5) is 27.3. The van der Waals surface area contributed by atoms with E-state index >= 15 is 0 Å². The van der Waals surface area contributed by atoms with E-state index in [1.165, 1.54) is 0 Å². The molecule has 1 fully saturated rings. The summed E-state index contributed by atoms with van der Waals surface area (Å²) < 4.78 is 5.16. The van der Waals surface area contributed by atoms with E-state index in [0.29, 0.717) is 24.3 Å². The molecule has 6 nitrogen and oxygen atoms in total. The molecule has 0 aromatic heterocycles. The first-order chi connectivity index (χ1) is 14.1. The number of benzene rings is 2. The van der Waals surface area contributed by atoms with Crippen LogP contribution in [0.5, 0.6) is 5.75 Å². The molecular weight excluding hydrogens is 366 g/mol. The average Bonchev–Trinajstić information content (AvgIpc) is 2.79. The molecule has 1 aliphatic rings. The second kappa shape index (κ2) is 10.1. The molecule has 2 aromatic rings. The van der Waals surface area contributed by atoms with Crippen molar-refractivity contribution in [3.05, 3.63) is 59.7 Å². The van der Waals surface area contributed by atoms with Gasteiger partial charge in [0.05, 0.1) is 24.3 Å². The van der Waals surface area contributed by atoms with Crippen LogP contribution in [-0.2, 0) is 11.2 Å². The van der Waals surface area contributed by atoms with Gasteiger partial charge in [0.15, 0.2) is 0 Å². The highest BCUT2D eigenvalue weighted by molar-refractivity contribution is 6.05. The molecule has 0 spiro atoms. The van der Waals surface area contributed by atoms with Crippen LogP contribution in [0.25, 0.3) is 0 Å². The summed E-state index contributed by atoms with van der Waals surface area (Å²) in [6, 6.07) is 15.1. The summed E-state index contributed by atoms with van der Waals surface area (Å²) in [6.45, 7) is 2.17. The van der Waals surface area contributed by atoms with E-state index in [4.69, 9.17) is 4.74 Å². The Labute approximate surface area is 172 Å². The number of carbonyl (C=O) groups is 2. The predicted molar refractivity (Wildman–Crippen MR) is 114 cm³/mol. The van der Waals surface area contributed by atoms with Gasteiger partial charge >= 0.3 is 0 Å². The summed E-state index contributed by atoms with van der Waals surface area (Å²) >= 11 is 0. The molecule has 2 N–H and O–H groups in total. The van der Waals surface area contributed by atoms with Crippen molar-refractivity contribution >= 4 is 17.5 Å². The Morgan fingerprint density at radius 1 is 1.17 bits per heavy atom. The van der Waals surface area contributed by atoms with Crippen molar-refractivity contribution in [3.8, 4) is 5.75 Å². The fourth-order valence-corrected chi connectivity index (χ4v) is 3.62. The number of hydrogen-bond donors (Lipinski definition) is 2. The highest BCUT2D eigenvalue weighted by atomic mass is 16.5. The van der Waals surface area contributed by atoms with E-state index in [9.17, 15) is 9.59 Å². The lowest BCUT2D eigenvalue weighted by Gasteiger charge is -2.28. The number of amides is 2. The second-order valence-electron chi connectivity index (χ2n) is 7.31. The number of ether oxygens (including phenoxy) is 1. The topological polar surface area (TPSA) is 70.7 Å². The van der Waals surface area contributed by atoms with Crippen LogP contribution in [0.2, 0.25) is 0 Å². The molecule has 2 amide bonds. The van der Waals surface area contributed by atoms with E-state index in [1.54, 1.807) is 25.1 Å². The van der Waals surface area contributed by atoms with Crippen molar-refractivity contribution < 1.29 is 14.3 Å². The van der Waals surface area contributed by atoms with Gasteiger partial charge in [0, 0.05) is 20.1 Å². The molecule has 6 heteroatoms. The molecule has 0 saturated carbocycles. The Balaban J connectivity index is 1.62. The zero-order chi connectivity index (χ0) is 20.6. The number of carbonyl (C=O) groups excluding carboxylic acids is 2. The number of nitrogens with zero attached hydrogens (tertiary/aromatic N) is 1. The summed E-state index contributed by atoms with van der Waals surface area (Å²) in [5, 5.41) is 6.24. The molecule has 154 valence electrons. The van der Waals surface area contributed by atoms with Gasteiger partial charge in [-0.2, -0.15) is 0 Å². The number of para-hydroxylation sites is 1. The standard InChI is InChI=1S/C23H29N3O3/c1-26(23(28)18-6-5-14-24-16-18)21-8-4-3-7-20(21)22(27)25-15-13-17-9-11-19(29-2)12-10-17/h3-4,7-12,18,24H,5-6,13-16H2,1-2H3,(H,25,27). The third-order valence-electron chi connectivity index (χ3n) is 5.35. The molecule has 1 unspecified atom stereocenters. The van der Waals surface area contributed by atoms with Crippen molar-refractivity contribution in [1.82, 2.24) is 10.6 Å². The van der Waals surface area contributed by atoms with Gasteiger partial charge in [-0.3, -0.25) is 9.59 Å². The first-order valence-corrected chi connectivity index (χ1v) is 10.1. The molecule has 0 radical (unpaired) electrons. The van der Waals surface area contributed by atoms with Crippen LogP contribution in [0.15, 0.2) is 48.5 Å². The number of nitrogens with one attached hydrogen (secondary N) is 2. The van der Waals surface area contributed by atoms with Gasteiger partial charge in [-0.05, 0) is 55.6 Å². The van der Waals surface area contributed by atoms with Crippen molar-refractivity contribution in [2.45, 2.75) is 19.3 Å². The maximum atomic E-state index is 12.9. The van der Waals surface area contributed by atoms with Gasteiger partial charge in [0.2, 0.25) is 5.91 Å². The maximum Gasteiger partial charge on any atom is 0.253 e. The molecule has 1 atom stereocenters. The van der Waals surface area contributed by atoms with Crippen molar-refractivity contribution in [2.24, 2.45) is 5.92 Å². The van der Waals surface area contributed by atoms with E-state index in [0.717, 1.165) is 37.1 Å². The van der Waals surface area contributed by atoms with Crippen LogP contribution < -0.4 is 20.3 Å². The number of methoxy groups -OCH3 is 1. The van der Waals surface area contributed by atoms with Crippen molar-refractivity contribution in [2.75, 3.05) is 38.7 Å². The lowest BCUT2D eigenvalue weighted by molar-refractivity contribution is -0.122. The highest BCUT2D eigenvalue weighted by Gasteiger charge is 2.26. The van der Waals surface area contributed by atoms with Gasteiger partial charge in [0.1, 0.15) is 5.75 Å². The lowest BCUT2D eigenvalue weighted by atomic mass is 9.97. The van der Waals surface area contributed by atoms with Gasteiger partial charge in [0.25, 0.3) is 5.91 Å². The largest absolute Gasteiger partial charge is 0.497 e. The number of anilines is 1. The first-order valence-electron chi connectivity index (χ1n) is 10.1. The van der Waals surface area contributed by atoms with Gasteiger partial charge in [-0.25, -0.2) is 0 Å². The smallest absolute Gasteiger partial charge is 0.253 e. The minimum Gasteiger partial charge on any atom is -0.497 e. The summed E-state index contributed by atoms with van der Waals surface area (Å²) in [6.07, 6.45) is 2.60. The van der Waals surface area contributed by atoms with Crippen LogP contribution in [-0.4, -0.2) is 45.6 Å². The van der Waals surface area contributed by atoms with Crippen molar-refractivity contribution in [3.63, 3.8) is 0 Å². The van der Waals surface area contributed by atoms with E-state index in [2.05, 4.69) is 10.6 Å². The zero-order valence-corrected chi connectivity index (χ0v) is 17.1. The van der Waals surface area contributed by atoms with Gasteiger partial charge in [-0.1, -0.05) is 24.3 Å². The normalized spacial score (nSPS) is 16.1. The minimum atomic E-state index is -0.171. The first kappa shape index (κ1) is 20.9. The van der Waals surface area contributed by atoms with Gasteiger partial charge < -0.3 is 20.3 Å². The molecule has 1 saturated heterocycles. The molecule has 2 aromatic carbocycles. The van der Waals surface area contributed by atoms with E-state index < -0.39 is 0 Å². The predicted octanol–water partition coefficient (Wildman–Crippen LogP) is 2.63. The molecule has 0 bridgehead atoms. The summed E-state index contributed by atoms with van der Waals surface area (Å²) in [5.41, 5.74) is 2.28. The van der Waals surface area contributed by atoms with E-state index in [1.807, 2.05) is 42.5 Å². The quantitative estimate of drug-likeness (QED) is 0.756. The fourth-order valence-electron chi connectivity index (χ4n) is 3.62. The molecule has 3 rings (SSSR count). The Morgan fingerprint density at radius 3 is 2.62 bits per heavy atom. The molecule has 0 aliphatic carbocycles. The number of piperidine rings is 1. The number of rotatable bonds is 7. The zero-order valence-electron chi connectivity index (χ0n) is 17.1. The Hall–Kier alpha value is -2.86. The number of hydrogen-bond acceptors (Lipinski definition) is 4. The minimum absolute atomic E-state index is 0.0417. The van der Waals surface area contributed by atoms with Crippen LogP contribution in [0.3, 0.4) is 0 Å². The highest BCUT2D eigenvalue weighted by Crippen LogP contribution is 2.23. The third kappa shape index (κ3) is 5.35. The SMILES string of the molecule is COc1ccc(CCNC(=O)c2ccccc2N(C)C(=O)C2CCCNC2)cc1. The Morgan fingerprint density at radius 2 is 1.93 bits per heavy atom. The summed E-state index contributed by atoms with van der Waals surface area (Å²) in [5.74, 6) is 0.652. The van der Waals surface area contributed by atoms with Crippen LogP contribution >= 0.6 is 0 Å². The van der Waals surface area contributed by atoms with Crippen LogP contribution in [0.1, 0.15) is 28.8 Å². The van der Waals surface area contributed by atoms with E-state index in [-0.39, 0.29) is 17.7 Å².